The van der Waals surface area contributed by atoms with E-state index >= 15 is 0 Å². The lowest BCUT2D eigenvalue weighted by Crippen LogP contribution is -2.16. The van der Waals surface area contributed by atoms with Crippen molar-refractivity contribution >= 4 is 22.5 Å². The van der Waals surface area contributed by atoms with Crippen LogP contribution in [0.5, 0.6) is 0 Å². The fourth-order valence-electron chi connectivity index (χ4n) is 1.56. The molecule has 0 spiro atoms. The lowest BCUT2D eigenvalue weighted by atomic mass is 10.0. The van der Waals surface area contributed by atoms with Crippen LogP contribution in [-0.4, -0.2) is 21.3 Å². The molecule has 2 atom stereocenters. The van der Waals surface area contributed by atoms with Crippen LogP contribution in [0.2, 0.25) is 5.02 Å². The summed E-state index contributed by atoms with van der Waals surface area (Å²) in [6.07, 6.45) is -1.02. The van der Waals surface area contributed by atoms with Gasteiger partial charge in [0.25, 0.3) is 0 Å². The molecule has 0 saturated heterocycles. The number of benzene rings is 1. The van der Waals surface area contributed by atoms with E-state index in [0.29, 0.717) is 10.6 Å². The average molecular weight is 237 g/mol. The molecule has 2 aromatic rings. The van der Waals surface area contributed by atoms with E-state index in [2.05, 4.69) is 4.98 Å². The van der Waals surface area contributed by atoms with Gasteiger partial charge in [0.05, 0.1) is 6.07 Å². The Bertz CT molecular complexity index is 559. The minimum atomic E-state index is -1.48. The molecule has 0 saturated carbocycles. The highest BCUT2D eigenvalue weighted by Crippen LogP contribution is 2.29. The number of halogens is 1. The van der Waals surface area contributed by atoms with Gasteiger partial charge in [-0.1, -0.05) is 11.6 Å². The summed E-state index contributed by atoms with van der Waals surface area (Å²) in [5.74, 6) is 0. The van der Waals surface area contributed by atoms with Crippen LogP contribution in [0.4, 0.5) is 0 Å². The highest BCUT2D eigenvalue weighted by atomic mass is 35.5. The second kappa shape index (κ2) is 4.14. The zero-order valence-corrected chi connectivity index (χ0v) is 8.94. The van der Waals surface area contributed by atoms with E-state index in [1.165, 1.54) is 0 Å². The number of nitrogens with one attached hydrogen (secondary N) is 1. The van der Waals surface area contributed by atoms with Gasteiger partial charge >= 0.3 is 0 Å². The van der Waals surface area contributed by atoms with Gasteiger partial charge in [0.15, 0.2) is 6.10 Å². The second-order valence-corrected chi connectivity index (χ2v) is 3.86. The molecule has 0 amide bonds. The molecule has 0 aliphatic heterocycles. The molecule has 2 rings (SSSR count). The average Bonchev–Trinajstić information content (AvgIpc) is 2.72. The summed E-state index contributed by atoms with van der Waals surface area (Å²) in [5.41, 5.74) is 1.19. The van der Waals surface area contributed by atoms with Crippen molar-refractivity contribution in [1.29, 1.82) is 5.26 Å². The Balaban J connectivity index is 2.51. The molecule has 5 heteroatoms. The molecule has 82 valence electrons. The molecule has 3 N–H and O–H groups in total. The maximum absolute atomic E-state index is 9.70. The number of nitriles is 1. The van der Waals surface area contributed by atoms with Gasteiger partial charge in [-0.25, -0.2) is 0 Å². The Labute approximate surface area is 96.7 Å². The number of rotatable bonds is 2. The van der Waals surface area contributed by atoms with Crippen LogP contribution in [0.3, 0.4) is 0 Å². The SMILES string of the molecule is N#CC(O)C(O)c1cc2cc[nH]c2cc1Cl. The molecule has 0 aliphatic rings. The summed E-state index contributed by atoms with van der Waals surface area (Å²) in [4.78, 5) is 2.98. The number of fused-ring (bicyclic) bond motifs is 1. The summed E-state index contributed by atoms with van der Waals surface area (Å²) in [7, 11) is 0. The van der Waals surface area contributed by atoms with E-state index in [4.69, 9.17) is 16.9 Å². The Hall–Kier alpha value is -1.54. The van der Waals surface area contributed by atoms with Crippen molar-refractivity contribution in [2.24, 2.45) is 0 Å². The minimum absolute atomic E-state index is 0.316. The number of aromatic nitrogens is 1. The van der Waals surface area contributed by atoms with Gasteiger partial charge in [0.1, 0.15) is 6.10 Å². The fraction of sp³-hybridized carbons (Fsp3) is 0.182. The lowest BCUT2D eigenvalue weighted by Gasteiger charge is -2.13. The molecular formula is C11H9ClN2O2. The maximum Gasteiger partial charge on any atom is 0.170 e. The summed E-state index contributed by atoms with van der Waals surface area (Å²) in [5, 5.41) is 28.7. The number of hydrogen-bond donors (Lipinski definition) is 3. The second-order valence-electron chi connectivity index (χ2n) is 3.46. The molecule has 2 unspecified atom stereocenters. The zero-order chi connectivity index (χ0) is 11.7. The molecule has 4 nitrogen and oxygen atoms in total. The van der Waals surface area contributed by atoms with E-state index in [9.17, 15) is 10.2 Å². The van der Waals surface area contributed by atoms with Crippen LogP contribution in [0, 0.1) is 11.3 Å². The molecular weight excluding hydrogens is 228 g/mol. The Morgan fingerprint density at radius 2 is 2.12 bits per heavy atom. The third-order valence-electron chi connectivity index (χ3n) is 2.42. The first-order valence-corrected chi connectivity index (χ1v) is 5.03. The standard InChI is InChI=1S/C11H9ClN2O2/c12-8-4-9-6(1-2-14-9)3-7(8)11(16)10(15)5-13/h1-4,10-11,14-16H. The van der Waals surface area contributed by atoms with Gasteiger partial charge < -0.3 is 15.2 Å². The molecule has 1 heterocycles. The van der Waals surface area contributed by atoms with Crippen LogP contribution >= 0.6 is 11.6 Å². The Kier molecular flexibility index (Phi) is 2.84. The van der Waals surface area contributed by atoms with E-state index < -0.39 is 12.2 Å². The van der Waals surface area contributed by atoms with Crippen molar-refractivity contribution in [2.45, 2.75) is 12.2 Å². The topological polar surface area (TPSA) is 80.0 Å². The van der Waals surface area contributed by atoms with Crippen LogP contribution < -0.4 is 0 Å². The number of aliphatic hydroxyl groups excluding tert-OH is 2. The molecule has 0 aliphatic carbocycles. The molecule has 1 aromatic heterocycles. The van der Waals surface area contributed by atoms with Crippen LogP contribution in [0.1, 0.15) is 11.7 Å². The normalized spacial score (nSPS) is 14.6. The first-order valence-electron chi connectivity index (χ1n) is 4.66. The van der Waals surface area contributed by atoms with E-state index in [1.54, 1.807) is 24.4 Å². The Morgan fingerprint density at radius 1 is 1.38 bits per heavy atom. The van der Waals surface area contributed by atoms with Gasteiger partial charge in [-0.2, -0.15) is 5.26 Å². The van der Waals surface area contributed by atoms with Gasteiger partial charge in [-0.05, 0) is 23.6 Å². The number of hydrogen-bond acceptors (Lipinski definition) is 3. The largest absolute Gasteiger partial charge is 0.384 e. The van der Waals surface area contributed by atoms with E-state index in [0.717, 1.165) is 10.9 Å². The quantitative estimate of drug-likeness (QED) is 0.695. The third kappa shape index (κ3) is 1.76. The van der Waals surface area contributed by atoms with Crippen molar-refractivity contribution < 1.29 is 10.2 Å². The molecule has 16 heavy (non-hydrogen) atoms. The molecule has 1 aromatic carbocycles. The first-order chi connectivity index (χ1) is 7.63. The summed E-state index contributed by atoms with van der Waals surface area (Å²) in [6.45, 7) is 0. The van der Waals surface area contributed by atoms with E-state index in [-0.39, 0.29) is 0 Å². The van der Waals surface area contributed by atoms with Gasteiger partial charge in [0.2, 0.25) is 0 Å². The van der Waals surface area contributed by atoms with Crippen molar-refractivity contribution in [1.82, 2.24) is 4.98 Å². The minimum Gasteiger partial charge on any atom is -0.384 e. The smallest absolute Gasteiger partial charge is 0.170 e. The summed E-state index contributed by atoms with van der Waals surface area (Å²) in [6, 6.07) is 6.70. The molecule has 0 radical (unpaired) electrons. The Morgan fingerprint density at radius 3 is 2.81 bits per heavy atom. The van der Waals surface area contributed by atoms with Crippen LogP contribution in [0.25, 0.3) is 10.9 Å². The predicted octanol–water partition coefficient (Wildman–Crippen LogP) is 1.74. The summed E-state index contributed by atoms with van der Waals surface area (Å²) < 4.78 is 0. The fourth-order valence-corrected chi connectivity index (χ4v) is 1.83. The third-order valence-corrected chi connectivity index (χ3v) is 2.75. The maximum atomic E-state index is 9.70. The predicted molar refractivity (Wildman–Crippen MR) is 59.9 cm³/mol. The van der Waals surface area contributed by atoms with Crippen LogP contribution in [0.15, 0.2) is 24.4 Å². The highest BCUT2D eigenvalue weighted by molar-refractivity contribution is 6.32. The van der Waals surface area contributed by atoms with Crippen molar-refractivity contribution in [3.05, 3.63) is 35.0 Å². The first kappa shape index (κ1) is 11.0. The van der Waals surface area contributed by atoms with Crippen LogP contribution in [-0.2, 0) is 0 Å². The van der Waals surface area contributed by atoms with Gasteiger partial charge in [-0.3, -0.25) is 0 Å². The number of H-pyrrole nitrogens is 1. The monoisotopic (exact) mass is 236 g/mol. The zero-order valence-electron chi connectivity index (χ0n) is 8.18. The van der Waals surface area contributed by atoms with Crippen molar-refractivity contribution in [3.63, 3.8) is 0 Å². The molecule has 0 fully saturated rings. The lowest BCUT2D eigenvalue weighted by molar-refractivity contribution is 0.0529. The number of nitrogens with zero attached hydrogens (tertiary/aromatic N) is 1. The molecule has 0 bridgehead atoms. The van der Waals surface area contributed by atoms with Gasteiger partial charge in [0, 0.05) is 22.3 Å². The highest BCUT2D eigenvalue weighted by Gasteiger charge is 2.20. The van der Waals surface area contributed by atoms with Crippen molar-refractivity contribution in [2.75, 3.05) is 0 Å². The van der Waals surface area contributed by atoms with Crippen molar-refractivity contribution in [3.8, 4) is 6.07 Å². The number of aliphatic hydroxyl groups is 2. The number of aromatic amines is 1. The van der Waals surface area contributed by atoms with Gasteiger partial charge in [-0.15, -0.1) is 0 Å². The van der Waals surface area contributed by atoms with E-state index in [1.807, 2.05) is 6.07 Å². The summed E-state index contributed by atoms with van der Waals surface area (Å²) >= 11 is 5.96.